The van der Waals surface area contributed by atoms with Crippen LogP contribution in [-0.4, -0.2) is 62.6 Å². The Morgan fingerprint density at radius 3 is 2.71 bits per heavy atom. The molecule has 1 aliphatic rings. The first-order valence-electron chi connectivity index (χ1n) is 8.86. The number of carbonyl (C=O) groups is 1. The molecular weight excluding hydrogens is 306 g/mol. The van der Waals surface area contributed by atoms with Gasteiger partial charge in [0.15, 0.2) is 11.7 Å². The standard InChI is InChI=1S/C17H29N5O2/c1-2-18-17(21-10-13-22-11-4-3-5-12-22)20-9-8-19-16(23)15-7-6-14-24-15/h6-7,14H,2-5,8-13H2,1H3,(H,19,23)(H2,18,20,21). The summed E-state index contributed by atoms with van der Waals surface area (Å²) < 4.78 is 5.05. The maximum atomic E-state index is 11.7. The maximum absolute atomic E-state index is 11.7. The van der Waals surface area contributed by atoms with Gasteiger partial charge < -0.3 is 25.3 Å². The number of nitrogens with zero attached hydrogens (tertiary/aromatic N) is 2. The van der Waals surface area contributed by atoms with Crippen molar-refractivity contribution in [3.8, 4) is 0 Å². The van der Waals surface area contributed by atoms with Crippen LogP contribution in [0.2, 0.25) is 0 Å². The zero-order valence-electron chi connectivity index (χ0n) is 14.5. The van der Waals surface area contributed by atoms with Gasteiger partial charge in [0.05, 0.1) is 12.8 Å². The topological polar surface area (TPSA) is 81.9 Å². The molecule has 7 nitrogen and oxygen atoms in total. The average molecular weight is 335 g/mol. The van der Waals surface area contributed by atoms with Gasteiger partial charge in [-0.15, -0.1) is 0 Å². The third-order valence-corrected chi connectivity index (χ3v) is 3.93. The molecule has 1 aromatic heterocycles. The molecule has 1 aromatic rings. The van der Waals surface area contributed by atoms with Crippen LogP contribution >= 0.6 is 0 Å². The van der Waals surface area contributed by atoms with E-state index in [1.807, 2.05) is 6.92 Å². The Kier molecular flexibility index (Phi) is 8.17. The smallest absolute Gasteiger partial charge is 0.287 e. The third-order valence-electron chi connectivity index (χ3n) is 3.93. The van der Waals surface area contributed by atoms with Gasteiger partial charge >= 0.3 is 0 Å². The summed E-state index contributed by atoms with van der Waals surface area (Å²) in [5.74, 6) is 0.924. The second-order valence-electron chi connectivity index (χ2n) is 5.82. The molecule has 0 spiro atoms. The number of amides is 1. The molecule has 0 radical (unpaired) electrons. The minimum atomic E-state index is -0.200. The number of guanidine groups is 1. The van der Waals surface area contributed by atoms with Crippen molar-refractivity contribution in [3.05, 3.63) is 24.2 Å². The monoisotopic (exact) mass is 335 g/mol. The molecule has 0 aliphatic carbocycles. The molecule has 0 bridgehead atoms. The SMILES string of the molecule is CCNC(=NCCN1CCCCC1)NCCNC(=O)c1ccco1. The van der Waals surface area contributed by atoms with Crippen LogP contribution in [0, 0.1) is 0 Å². The highest BCUT2D eigenvalue weighted by atomic mass is 16.3. The number of aliphatic imine (C=N–C) groups is 1. The maximum Gasteiger partial charge on any atom is 0.287 e. The lowest BCUT2D eigenvalue weighted by molar-refractivity contribution is 0.0926. The molecule has 0 atom stereocenters. The summed E-state index contributed by atoms with van der Waals surface area (Å²) in [4.78, 5) is 18.8. The molecule has 0 aromatic carbocycles. The van der Waals surface area contributed by atoms with Crippen molar-refractivity contribution in [1.82, 2.24) is 20.9 Å². The summed E-state index contributed by atoms with van der Waals surface area (Å²) >= 11 is 0. The number of likely N-dealkylation sites (tertiary alicyclic amines) is 1. The van der Waals surface area contributed by atoms with Crippen molar-refractivity contribution in [1.29, 1.82) is 0 Å². The molecular formula is C17H29N5O2. The Bertz CT molecular complexity index is 495. The molecule has 1 amide bonds. The third kappa shape index (κ3) is 6.62. The van der Waals surface area contributed by atoms with Crippen molar-refractivity contribution in [2.24, 2.45) is 4.99 Å². The van der Waals surface area contributed by atoms with Gasteiger partial charge in [-0.25, -0.2) is 0 Å². The van der Waals surface area contributed by atoms with Gasteiger partial charge in [0.1, 0.15) is 0 Å². The number of furan rings is 1. The average Bonchev–Trinajstić information content (AvgIpc) is 3.14. The highest BCUT2D eigenvalue weighted by Gasteiger charge is 2.09. The van der Waals surface area contributed by atoms with E-state index in [2.05, 4.69) is 25.8 Å². The predicted molar refractivity (Wildman–Crippen MR) is 95.3 cm³/mol. The van der Waals surface area contributed by atoms with Crippen LogP contribution in [0.3, 0.4) is 0 Å². The van der Waals surface area contributed by atoms with Crippen LogP contribution in [0.1, 0.15) is 36.7 Å². The zero-order valence-corrected chi connectivity index (χ0v) is 14.5. The van der Waals surface area contributed by atoms with Gasteiger partial charge in [0, 0.05) is 26.2 Å². The summed E-state index contributed by atoms with van der Waals surface area (Å²) in [6.07, 6.45) is 5.45. The van der Waals surface area contributed by atoms with Crippen molar-refractivity contribution in [2.75, 3.05) is 45.8 Å². The Hall–Kier alpha value is -2.02. The molecule has 1 aliphatic heterocycles. The van der Waals surface area contributed by atoms with Gasteiger partial charge in [-0.1, -0.05) is 6.42 Å². The molecule has 24 heavy (non-hydrogen) atoms. The Balaban J connectivity index is 1.64. The molecule has 0 unspecified atom stereocenters. The van der Waals surface area contributed by atoms with E-state index in [0.29, 0.717) is 18.8 Å². The lowest BCUT2D eigenvalue weighted by atomic mass is 10.1. The fourth-order valence-electron chi connectivity index (χ4n) is 2.68. The number of nitrogens with one attached hydrogen (secondary N) is 3. The zero-order chi connectivity index (χ0) is 17.0. The fourth-order valence-corrected chi connectivity index (χ4v) is 2.68. The molecule has 1 saturated heterocycles. The van der Waals surface area contributed by atoms with E-state index in [4.69, 9.17) is 4.42 Å². The number of carbonyl (C=O) groups excluding carboxylic acids is 1. The van der Waals surface area contributed by atoms with Crippen molar-refractivity contribution < 1.29 is 9.21 Å². The number of rotatable bonds is 8. The molecule has 1 fully saturated rings. The van der Waals surface area contributed by atoms with E-state index in [0.717, 1.165) is 25.6 Å². The van der Waals surface area contributed by atoms with Crippen LogP contribution in [0.5, 0.6) is 0 Å². The van der Waals surface area contributed by atoms with Gasteiger partial charge in [0.25, 0.3) is 5.91 Å². The van der Waals surface area contributed by atoms with E-state index in [9.17, 15) is 4.79 Å². The second-order valence-corrected chi connectivity index (χ2v) is 5.82. The van der Waals surface area contributed by atoms with Gasteiger partial charge in [-0.05, 0) is 45.0 Å². The lowest BCUT2D eigenvalue weighted by Crippen LogP contribution is -2.42. The Labute approximate surface area is 143 Å². The van der Waals surface area contributed by atoms with E-state index in [1.165, 1.54) is 38.6 Å². The first-order valence-corrected chi connectivity index (χ1v) is 8.86. The Morgan fingerprint density at radius 1 is 1.21 bits per heavy atom. The lowest BCUT2D eigenvalue weighted by Gasteiger charge is -2.25. The first kappa shape index (κ1) is 18.3. The summed E-state index contributed by atoms with van der Waals surface area (Å²) in [6.45, 7) is 8.16. The van der Waals surface area contributed by atoms with Crippen LogP contribution in [0.4, 0.5) is 0 Å². The van der Waals surface area contributed by atoms with E-state index >= 15 is 0 Å². The molecule has 7 heteroatoms. The van der Waals surface area contributed by atoms with Gasteiger partial charge in [-0.2, -0.15) is 0 Å². The highest BCUT2D eigenvalue weighted by Crippen LogP contribution is 2.07. The van der Waals surface area contributed by atoms with Gasteiger partial charge in [-0.3, -0.25) is 9.79 Å². The largest absolute Gasteiger partial charge is 0.459 e. The Morgan fingerprint density at radius 2 is 2.00 bits per heavy atom. The van der Waals surface area contributed by atoms with Gasteiger partial charge in [0.2, 0.25) is 0 Å². The van der Waals surface area contributed by atoms with E-state index < -0.39 is 0 Å². The quantitative estimate of drug-likeness (QED) is 0.376. The van der Waals surface area contributed by atoms with Crippen molar-refractivity contribution >= 4 is 11.9 Å². The minimum absolute atomic E-state index is 0.200. The molecule has 2 heterocycles. The summed E-state index contributed by atoms with van der Waals surface area (Å²) in [5, 5.41) is 9.26. The number of hydrogen-bond donors (Lipinski definition) is 3. The minimum Gasteiger partial charge on any atom is -0.459 e. The summed E-state index contributed by atoms with van der Waals surface area (Å²) in [7, 11) is 0. The fraction of sp³-hybridized carbons (Fsp3) is 0.647. The van der Waals surface area contributed by atoms with Crippen molar-refractivity contribution in [2.45, 2.75) is 26.2 Å². The van der Waals surface area contributed by atoms with Crippen LogP contribution in [0.25, 0.3) is 0 Å². The van der Waals surface area contributed by atoms with Crippen LogP contribution in [-0.2, 0) is 0 Å². The summed E-state index contributed by atoms with van der Waals surface area (Å²) in [6, 6.07) is 3.35. The molecule has 2 rings (SSSR count). The van der Waals surface area contributed by atoms with E-state index in [-0.39, 0.29) is 5.91 Å². The highest BCUT2D eigenvalue weighted by molar-refractivity contribution is 5.91. The summed E-state index contributed by atoms with van der Waals surface area (Å²) in [5.41, 5.74) is 0. The molecule has 0 saturated carbocycles. The van der Waals surface area contributed by atoms with E-state index in [1.54, 1.807) is 12.1 Å². The second kappa shape index (κ2) is 10.7. The number of piperidine rings is 1. The normalized spacial score (nSPS) is 16.0. The van der Waals surface area contributed by atoms with Crippen LogP contribution in [0.15, 0.2) is 27.8 Å². The first-order chi connectivity index (χ1) is 11.8. The molecule has 134 valence electrons. The van der Waals surface area contributed by atoms with Crippen molar-refractivity contribution in [3.63, 3.8) is 0 Å². The molecule has 3 N–H and O–H groups in total. The predicted octanol–water partition coefficient (Wildman–Crippen LogP) is 1.05. The van der Waals surface area contributed by atoms with Crippen LogP contribution < -0.4 is 16.0 Å². The number of hydrogen-bond acceptors (Lipinski definition) is 4.